The maximum Gasteiger partial charge on any atom is 0.201 e. The van der Waals surface area contributed by atoms with E-state index >= 15 is 0 Å². The third-order valence-corrected chi connectivity index (χ3v) is 16.8. The molecule has 0 spiro atoms. The van der Waals surface area contributed by atoms with Crippen LogP contribution in [0.3, 0.4) is 0 Å². The molecule has 1 N–H and O–H groups in total. The van der Waals surface area contributed by atoms with E-state index in [1.165, 1.54) is 0 Å². The zero-order valence-corrected chi connectivity index (χ0v) is 21.5. The van der Waals surface area contributed by atoms with Gasteiger partial charge in [-0.1, -0.05) is 74.5 Å². The van der Waals surface area contributed by atoms with Crippen LogP contribution >= 0.6 is 0 Å². The Morgan fingerprint density at radius 2 is 1.35 bits per heavy atom. The molecule has 156 valence electrons. The van der Waals surface area contributed by atoms with Gasteiger partial charge in [-0.3, -0.25) is 0 Å². The predicted molar refractivity (Wildman–Crippen MR) is 120 cm³/mol. The van der Waals surface area contributed by atoms with Crippen LogP contribution in [0.2, 0.25) is 34.8 Å². The molecule has 26 heavy (non-hydrogen) atoms. The van der Waals surface area contributed by atoms with Crippen LogP contribution in [-0.2, 0) is 8.85 Å². The van der Waals surface area contributed by atoms with Gasteiger partial charge < -0.3 is 14.0 Å². The van der Waals surface area contributed by atoms with Crippen LogP contribution in [-0.4, -0.2) is 40.6 Å². The van der Waals surface area contributed by atoms with Crippen molar-refractivity contribution in [1.29, 1.82) is 0 Å². The van der Waals surface area contributed by atoms with Gasteiger partial charge in [-0.05, 0) is 41.7 Å². The van der Waals surface area contributed by atoms with Crippen LogP contribution in [0.4, 0.5) is 0 Å². The Morgan fingerprint density at radius 1 is 0.923 bits per heavy atom. The molecular formula is C21H46O3Si2. The van der Waals surface area contributed by atoms with Gasteiger partial charge in [0.2, 0.25) is 8.32 Å². The average molecular weight is 403 g/mol. The molecule has 0 aromatic heterocycles. The fraction of sp³-hybridized carbons (Fsp3) is 0.905. The van der Waals surface area contributed by atoms with Gasteiger partial charge in [0.05, 0.1) is 12.7 Å². The van der Waals surface area contributed by atoms with Crippen molar-refractivity contribution in [2.45, 2.75) is 116 Å². The van der Waals surface area contributed by atoms with E-state index < -0.39 is 22.7 Å². The summed E-state index contributed by atoms with van der Waals surface area (Å²) in [5, 5.41) is 11.1. The number of hydrogen-bond donors (Lipinski definition) is 1. The maximum atomic E-state index is 10.9. The van der Waals surface area contributed by atoms with E-state index in [1.807, 2.05) is 19.1 Å². The largest absolute Gasteiger partial charge is 0.414 e. The van der Waals surface area contributed by atoms with E-state index in [-0.39, 0.29) is 11.1 Å². The summed E-state index contributed by atoms with van der Waals surface area (Å²) >= 11 is 0. The van der Waals surface area contributed by atoms with Crippen molar-refractivity contribution >= 4 is 16.6 Å². The topological polar surface area (TPSA) is 38.7 Å². The van der Waals surface area contributed by atoms with Gasteiger partial charge in [0, 0.05) is 0 Å². The zero-order valence-electron chi connectivity index (χ0n) is 19.5. The number of allylic oxidation sites excluding steroid dienone is 1. The molecule has 0 saturated heterocycles. The molecule has 0 aliphatic carbocycles. The van der Waals surface area contributed by atoms with Crippen molar-refractivity contribution in [3.05, 3.63) is 12.2 Å². The van der Waals surface area contributed by atoms with E-state index in [9.17, 15) is 5.11 Å². The first-order valence-corrected chi connectivity index (χ1v) is 15.3. The standard InChI is InChI=1S/C21H46O3Si2/c1-13-14-20(19(22)15-23-25(11,12)21(8,9)10)24-26(16(2)3,17(4)5)18(6)7/h13-14,16-20,22H,15H2,1-12H3/b14-13+/t19-,20-/m0/s1. The Hall–Kier alpha value is 0.0538. The normalized spacial score (nSPS) is 16.9. The maximum absolute atomic E-state index is 10.9. The molecule has 0 aromatic carbocycles. The minimum atomic E-state index is -2.06. The van der Waals surface area contributed by atoms with Gasteiger partial charge in [0.1, 0.15) is 6.10 Å². The van der Waals surface area contributed by atoms with Crippen LogP contribution in [0.1, 0.15) is 69.2 Å². The van der Waals surface area contributed by atoms with Gasteiger partial charge in [-0.15, -0.1) is 0 Å². The summed E-state index contributed by atoms with van der Waals surface area (Å²) in [6, 6.07) is 0. The highest BCUT2D eigenvalue weighted by Gasteiger charge is 2.47. The summed E-state index contributed by atoms with van der Waals surface area (Å²) < 4.78 is 13.1. The van der Waals surface area contributed by atoms with Crippen molar-refractivity contribution in [3.8, 4) is 0 Å². The molecule has 0 radical (unpaired) electrons. The molecule has 0 heterocycles. The van der Waals surface area contributed by atoms with Crippen molar-refractivity contribution in [2.24, 2.45) is 0 Å². The van der Waals surface area contributed by atoms with Gasteiger partial charge in [-0.2, -0.15) is 0 Å². The summed E-state index contributed by atoms with van der Waals surface area (Å²) in [6.45, 7) is 27.1. The molecule has 0 amide bonds. The second-order valence-electron chi connectivity index (χ2n) is 10.1. The fourth-order valence-electron chi connectivity index (χ4n) is 3.68. The van der Waals surface area contributed by atoms with E-state index in [0.717, 1.165) is 0 Å². The molecule has 5 heteroatoms. The van der Waals surface area contributed by atoms with E-state index in [4.69, 9.17) is 8.85 Å². The fourth-order valence-corrected chi connectivity index (χ4v) is 10.2. The highest BCUT2D eigenvalue weighted by Crippen LogP contribution is 2.43. The van der Waals surface area contributed by atoms with Gasteiger partial charge >= 0.3 is 0 Å². The highest BCUT2D eigenvalue weighted by atomic mass is 28.4. The lowest BCUT2D eigenvalue weighted by Gasteiger charge is -2.45. The second kappa shape index (κ2) is 10.0. The lowest BCUT2D eigenvalue weighted by Crippen LogP contribution is -2.53. The van der Waals surface area contributed by atoms with Gasteiger partial charge in [0.15, 0.2) is 8.32 Å². The van der Waals surface area contributed by atoms with Crippen LogP contribution in [0.5, 0.6) is 0 Å². The first kappa shape index (κ1) is 26.1. The first-order chi connectivity index (χ1) is 11.6. The molecular weight excluding hydrogens is 356 g/mol. The summed E-state index contributed by atoms with van der Waals surface area (Å²) in [4.78, 5) is 0. The lowest BCUT2D eigenvalue weighted by atomic mass is 10.2. The van der Waals surface area contributed by atoms with Crippen molar-refractivity contribution in [3.63, 3.8) is 0 Å². The monoisotopic (exact) mass is 402 g/mol. The molecule has 0 aromatic rings. The molecule has 0 saturated carbocycles. The van der Waals surface area contributed by atoms with Crippen molar-refractivity contribution < 1.29 is 14.0 Å². The summed E-state index contributed by atoms with van der Waals surface area (Å²) in [5.74, 6) is 0. The van der Waals surface area contributed by atoms with Crippen molar-refractivity contribution in [1.82, 2.24) is 0 Å². The Kier molecular flexibility index (Phi) is 10.0. The van der Waals surface area contributed by atoms with Crippen LogP contribution in [0, 0.1) is 0 Å². The van der Waals surface area contributed by atoms with Gasteiger partial charge in [0.25, 0.3) is 0 Å². The first-order valence-electron chi connectivity index (χ1n) is 10.3. The van der Waals surface area contributed by atoms with Crippen LogP contribution in [0.15, 0.2) is 12.2 Å². The Balaban J connectivity index is 5.46. The number of aliphatic hydroxyl groups excluding tert-OH is 1. The Labute approximate surface area is 165 Å². The van der Waals surface area contributed by atoms with Crippen LogP contribution < -0.4 is 0 Å². The second-order valence-corrected chi connectivity index (χ2v) is 20.3. The van der Waals surface area contributed by atoms with Crippen molar-refractivity contribution in [2.75, 3.05) is 6.61 Å². The molecule has 0 unspecified atom stereocenters. The number of rotatable bonds is 10. The Bertz CT molecular complexity index is 415. The quantitative estimate of drug-likeness (QED) is 0.334. The minimum Gasteiger partial charge on any atom is -0.414 e. The summed E-state index contributed by atoms with van der Waals surface area (Å²) in [5.41, 5.74) is 1.47. The smallest absolute Gasteiger partial charge is 0.201 e. The lowest BCUT2D eigenvalue weighted by molar-refractivity contribution is 0.0167. The van der Waals surface area contributed by atoms with E-state index in [2.05, 4.69) is 75.4 Å². The summed E-state index contributed by atoms with van der Waals surface area (Å²) in [6.07, 6.45) is 3.06. The van der Waals surface area contributed by atoms with Gasteiger partial charge in [-0.25, -0.2) is 0 Å². The molecule has 3 nitrogen and oxygen atoms in total. The average Bonchev–Trinajstić information content (AvgIpc) is 2.46. The molecule has 0 fully saturated rings. The van der Waals surface area contributed by atoms with Crippen LogP contribution in [0.25, 0.3) is 0 Å². The SMILES string of the molecule is C/C=C/[C@H](O[Si](C(C)C)(C(C)C)C(C)C)[C@@H](O)CO[Si](C)(C)C(C)(C)C. The predicted octanol–water partition coefficient (Wildman–Crippen LogP) is 6.51. The zero-order chi connectivity index (χ0) is 20.9. The third kappa shape index (κ3) is 6.30. The highest BCUT2D eigenvalue weighted by molar-refractivity contribution is 6.77. The summed E-state index contributed by atoms with van der Waals surface area (Å²) in [7, 11) is -3.95. The molecule has 0 aliphatic rings. The number of hydrogen-bond acceptors (Lipinski definition) is 3. The molecule has 0 rings (SSSR count). The Morgan fingerprint density at radius 3 is 1.65 bits per heavy atom. The molecule has 0 bridgehead atoms. The molecule has 0 aliphatic heterocycles. The van der Waals surface area contributed by atoms with E-state index in [0.29, 0.717) is 23.2 Å². The number of aliphatic hydroxyl groups is 1. The third-order valence-electron chi connectivity index (χ3n) is 6.23. The van der Waals surface area contributed by atoms with E-state index in [1.54, 1.807) is 0 Å². The minimum absolute atomic E-state index is 0.135. The molecule has 2 atom stereocenters.